The van der Waals surface area contributed by atoms with Crippen LogP contribution >= 0.6 is 0 Å². The molecule has 0 spiro atoms. The third-order valence-corrected chi connectivity index (χ3v) is 8.39. The van der Waals surface area contributed by atoms with E-state index in [9.17, 15) is 0 Å². The van der Waals surface area contributed by atoms with Crippen molar-refractivity contribution in [2.45, 2.75) is 148 Å². The van der Waals surface area contributed by atoms with Crippen molar-refractivity contribution < 1.29 is 0 Å². The first-order chi connectivity index (χ1) is 14.8. The lowest BCUT2D eigenvalue weighted by Crippen LogP contribution is -2.37. The molecule has 1 heterocycles. The number of hydrogen-bond donors (Lipinski definition) is 0. The van der Waals surface area contributed by atoms with Crippen LogP contribution < -0.4 is 0 Å². The summed E-state index contributed by atoms with van der Waals surface area (Å²) in [6, 6.07) is 0.711. The van der Waals surface area contributed by atoms with Crippen molar-refractivity contribution in [2.75, 3.05) is 6.54 Å². The number of hydrogen-bond acceptors (Lipinski definition) is 2. The van der Waals surface area contributed by atoms with E-state index in [1.807, 2.05) is 0 Å². The number of unbranched alkanes of at least 4 members (excludes halogenated alkanes) is 2. The predicted octanol–water partition coefficient (Wildman–Crippen LogP) is 8.74. The third-order valence-electron chi connectivity index (χ3n) is 8.39. The monoisotopic (exact) mass is 416 g/mol. The van der Waals surface area contributed by atoms with E-state index in [1.165, 1.54) is 135 Å². The molecule has 0 bridgehead atoms. The zero-order chi connectivity index (χ0) is 21.0. The Balaban J connectivity index is 1.75. The second-order valence-electron chi connectivity index (χ2n) is 10.9. The fourth-order valence-corrected chi connectivity index (χ4v) is 6.53. The van der Waals surface area contributed by atoms with Crippen LogP contribution in [0.3, 0.4) is 0 Å². The van der Waals surface area contributed by atoms with Gasteiger partial charge in [-0.2, -0.15) is 5.10 Å². The van der Waals surface area contributed by atoms with Crippen LogP contribution in [-0.2, 0) is 0 Å². The van der Waals surface area contributed by atoms with Crippen LogP contribution in [0.15, 0.2) is 5.10 Å². The van der Waals surface area contributed by atoms with Crippen LogP contribution in [0.2, 0.25) is 0 Å². The molecule has 0 radical (unpaired) electrons. The summed E-state index contributed by atoms with van der Waals surface area (Å²) in [5.41, 5.74) is 1.66. The van der Waals surface area contributed by atoms with E-state index in [1.54, 1.807) is 5.71 Å². The molecule has 2 aliphatic carbocycles. The van der Waals surface area contributed by atoms with E-state index in [-0.39, 0.29) is 0 Å². The zero-order valence-corrected chi connectivity index (χ0v) is 20.6. The van der Waals surface area contributed by atoms with Crippen LogP contribution in [0, 0.1) is 17.8 Å². The van der Waals surface area contributed by atoms with Crippen LogP contribution in [0.25, 0.3) is 0 Å². The first kappa shape index (κ1) is 24.1. The standard InChI is InChI=1S/C28H52N2/c1-3-5-21-26-27(22-6-4-2)30(23-24-17-13-9-7-10-14-18-24)29-28(26)25-19-15-11-8-12-16-20-25/h24-27H,3-23H2,1-2H3. The first-order valence-corrected chi connectivity index (χ1v) is 14.2. The van der Waals surface area contributed by atoms with E-state index in [0.29, 0.717) is 6.04 Å². The molecule has 2 saturated carbocycles. The average molecular weight is 417 g/mol. The normalized spacial score (nSPS) is 27.9. The minimum Gasteiger partial charge on any atom is -0.293 e. The SMILES string of the molecule is CCCCC1C(C2CCCCCCC2)=NN(CC2CCCCCCC2)C1CCCC. The maximum atomic E-state index is 5.55. The summed E-state index contributed by atoms with van der Waals surface area (Å²) in [6.45, 7) is 5.99. The molecule has 2 unspecified atom stereocenters. The van der Waals surface area contributed by atoms with Gasteiger partial charge in [-0.3, -0.25) is 5.01 Å². The smallest absolute Gasteiger partial charge is 0.0551 e. The summed E-state index contributed by atoms with van der Waals surface area (Å²) in [5.74, 6) is 2.44. The van der Waals surface area contributed by atoms with Crippen molar-refractivity contribution in [1.29, 1.82) is 0 Å². The summed E-state index contributed by atoms with van der Waals surface area (Å²) >= 11 is 0. The fourth-order valence-electron chi connectivity index (χ4n) is 6.53. The van der Waals surface area contributed by atoms with E-state index in [4.69, 9.17) is 5.10 Å². The van der Waals surface area contributed by atoms with E-state index in [0.717, 1.165) is 17.8 Å². The van der Waals surface area contributed by atoms with Gasteiger partial charge in [-0.05, 0) is 50.4 Å². The van der Waals surface area contributed by atoms with Crippen molar-refractivity contribution in [2.24, 2.45) is 22.9 Å². The lowest BCUT2D eigenvalue weighted by molar-refractivity contribution is 0.144. The van der Waals surface area contributed by atoms with Crippen molar-refractivity contribution in [3.8, 4) is 0 Å². The molecular formula is C28H52N2. The van der Waals surface area contributed by atoms with Gasteiger partial charge in [0.25, 0.3) is 0 Å². The Morgan fingerprint density at radius 2 is 1.23 bits per heavy atom. The highest BCUT2D eigenvalue weighted by molar-refractivity contribution is 5.90. The van der Waals surface area contributed by atoms with Crippen LogP contribution in [-0.4, -0.2) is 23.3 Å². The highest BCUT2D eigenvalue weighted by atomic mass is 15.5. The Labute approximate surface area is 188 Å². The van der Waals surface area contributed by atoms with Gasteiger partial charge in [0, 0.05) is 18.2 Å². The molecular weight excluding hydrogens is 364 g/mol. The molecule has 0 amide bonds. The maximum Gasteiger partial charge on any atom is 0.0551 e. The van der Waals surface area contributed by atoms with Gasteiger partial charge in [-0.25, -0.2) is 0 Å². The molecule has 0 N–H and O–H groups in total. The van der Waals surface area contributed by atoms with Crippen LogP contribution in [0.1, 0.15) is 142 Å². The second kappa shape index (κ2) is 13.8. The Kier molecular flexibility index (Phi) is 11.1. The van der Waals surface area contributed by atoms with Gasteiger partial charge in [-0.1, -0.05) is 104 Å². The first-order valence-electron chi connectivity index (χ1n) is 14.2. The average Bonchev–Trinajstić information content (AvgIpc) is 3.03. The summed E-state index contributed by atoms with van der Waals surface area (Å²) in [7, 11) is 0. The molecule has 2 nitrogen and oxygen atoms in total. The third kappa shape index (κ3) is 7.27. The lowest BCUT2D eigenvalue weighted by Gasteiger charge is -2.32. The van der Waals surface area contributed by atoms with Crippen LogP contribution in [0.5, 0.6) is 0 Å². The largest absolute Gasteiger partial charge is 0.293 e. The molecule has 2 atom stereocenters. The zero-order valence-electron chi connectivity index (χ0n) is 20.6. The second-order valence-corrected chi connectivity index (χ2v) is 10.9. The lowest BCUT2D eigenvalue weighted by atomic mass is 9.78. The quantitative estimate of drug-likeness (QED) is 0.367. The van der Waals surface area contributed by atoms with Crippen molar-refractivity contribution in [3.63, 3.8) is 0 Å². The molecule has 2 fully saturated rings. The molecule has 0 aromatic heterocycles. The van der Waals surface area contributed by atoms with E-state index >= 15 is 0 Å². The summed E-state index contributed by atoms with van der Waals surface area (Å²) in [5, 5.41) is 8.23. The minimum atomic E-state index is 0.711. The van der Waals surface area contributed by atoms with Gasteiger partial charge < -0.3 is 0 Å². The number of nitrogens with zero attached hydrogens (tertiary/aromatic N) is 2. The van der Waals surface area contributed by atoms with Gasteiger partial charge in [0.2, 0.25) is 0 Å². The number of hydrazone groups is 1. The molecule has 0 aromatic rings. The van der Waals surface area contributed by atoms with Crippen molar-refractivity contribution in [3.05, 3.63) is 0 Å². The Hall–Kier alpha value is -0.530. The Morgan fingerprint density at radius 1 is 0.700 bits per heavy atom. The summed E-state index contributed by atoms with van der Waals surface area (Å²) in [6.07, 6.45) is 28.5. The maximum absolute atomic E-state index is 5.55. The van der Waals surface area contributed by atoms with Gasteiger partial charge >= 0.3 is 0 Å². The van der Waals surface area contributed by atoms with Gasteiger partial charge in [0.15, 0.2) is 0 Å². The van der Waals surface area contributed by atoms with E-state index < -0.39 is 0 Å². The van der Waals surface area contributed by atoms with Gasteiger partial charge in [0.1, 0.15) is 0 Å². The highest BCUT2D eigenvalue weighted by Crippen LogP contribution is 2.38. The van der Waals surface area contributed by atoms with E-state index in [2.05, 4.69) is 18.9 Å². The topological polar surface area (TPSA) is 15.6 Å². The highest BCUT2D eigenvalue weighted by Gasteiger charge is 2.39. The fraction of sp³-hybridized carbons (Fsp3) is 0.964. The Morgan fingerprint density at radius 3 is 1.83 bits per heavy atom. The molecule has 2 heteroatoms. The number of rotatable bonds is 9. The molecule has 0 saturated heterocycles. The predicted molar refractivity (Wildman–Crippen MR) is 132 cm³/mol. The summed E-state index contributed by atoms with van der Waals surface area (Å²) < 4.78 is 0. The summed E-state index contributed by atoms with van der Waals surface area (Å²) in [4.78, 5) is 0. The molecule has 3 rings (SSSR count). The molecule has 3 aliphatic rings. The Bertz CT molecular complexity index is 469. The van der Waals surface area contributed by atoms with Gasteiger partial charge in [0.05, 0.1) is 6.04 Å². The molecule has 1 aliphatic heterocycles. The molecule has 0 aromatic carbocycles. The molecule has 174 valence electrons. The molecule has 30 heavy (non-hydrogen) atoms. The van der Waals surface area contributed by atoms with Gasteiger partial charge in [-0.15, -0.1) is 0 Å². The van der Waals surface area contributed by atoms with Crippen LogP contribution in [0.4, 0.5) is 0 Å². The minimum absolute atomic E-state index is 0.711. The van der Waals surface area contributed by atoms with Crippen molar-refractivity contribution >= 4 is 5.71 Å². The van der Waals surface area contributed by atoms with Crippen molar-refractivity contribution in [1.82, 2.24) is 5.01 Å².